The van der Waals surface area contributed by atoms with Crippen LogP contribution in [0.1, 0.15) is 25.3 Å². The Hall–Kier alpha value is -0.800. The smallest absolute Gasteiger partial charge is 0.175 e. The van der Waals surface area contributed by atoms with Gasteiger partial charge in [-0.05, 0) is 35.8 Å². The molecule has 0 aliphatic carbocycles. The van der Waals surface area contributed by atoms with Gasteiger partial charge < -0.3 is 9.97 Å². The van der Waals surface area contributed by atoms with E-state index in [9.17, 15) is 0 Å². The van der Waals surface area contributed by atoms with Crippen molar-refractivity contribution in [2.75, 3.05) is 0 Å². The number of rotatable bonds is 1. The molecule has 2 rings (SSSR count). The summed E-state index contributed by atoms with van der Waals surface area (Å²) >= 11 is 11.2. The van der Waals surface area contributed by atoms with Crippen molar-refractivity contribution in [3.63, 3.8) is 0 Å². The highest BCUT2D eigenvalue weighted by molar-refractivity contribution is 7.71. The van der Waals surface area contributed by atoms with Crippen molar-refractivity contribution in [2.45, 2.75) is 19.8 Å². The Morgan fingerprint density at radius 3 is 2.64 bits per heavy atom. The van der Waals surface area contributed by atoms with E-state index in [0.717, 1.165) is 21.6 Å². The molecule has 0 bridgehead atoms. The molecule has 0 atom stereocenters. The topological polar surface area (TPSA) is 31.6 Å². The van der Waals surface area contributed by atoms with Crippen molar-refractivity contribution in [1.29, 1.82) is 0 Å². The highest BCUT2D eigenvalue weighted by Crippen LogP contribution is 2.30. The SMILES string of the molecule is CC(C)c1c(Cl)ccc2[nH]c(=S)[nH]c12. The maximum absolute atomic E-state index is 6.14. The van der Waals surface area contributed by atoms with Crippen LogP contribution in [-0.4, -0.2) is 9.97 Å². The monoisotopic (exact) mass is 226 g/mol. The van der Waals surface area contributed by atoms with Crippen LogP contribution in [0.3, 0.4) is 0 Å². The van der Waals surface area contributed by atoms with Crippen molar-refractivity contribution in [3.8, 4) is 0 Å². The van der Waals surface area contributed by atoms with Crippen LogP contribution in [0.25, 0.3) is 11.0 Å². The molecule has 2 nitrogen and oxygen atoms in total. The summed E-state index contributed by atoms with van der Waals surface area (Å²) in [5.41, 5.74) is 3.16. The van der Waals surface area contributed by atoms with Crippen LogP contribution < -0.4 is 0 Å². The van der Waals surface area contributed by atoms with E-state index in [1.807, 2.05) is 12.1 Å². The second-order valence-corrected chi connectivity index (χ2v) is 4.43. The quantitative estimate of drug-likeness (QED) is 0.708. The zero-order valence-corrected chi connectivity index (χ0v) is 9.59. The number of aromatic nitrogens is 2. The zero-order valence-electron chi connectivity index (χ0n) is 8.02. The molecule has 1 aromatic heterocycles. The number of benzene rings is 1. The predicted octanol–water partition coefficient (Wildman–Crippen LogP) is 4.00. The summed E-state index contributed by atoms with van der Waals surface area (Å²) in [4.78, 5) is 6.21. The fraction of sp³-hybridized carbons (Fsp3) is 0.300. The van der Waals surface area contributed by atoms with Crippen LogP contribution in [-0.2, 0) is 0 Å². The van der Waals surface area contributed by atoms with E-state index in [4.69, 9.17) is 23.8 Å². The molecule has 0 unspecified atom stereocenters. The summed E-state index contributed by atoms with van der Waals surface area (Å²) in [5, 5.41) is 0.790. The molecule has 0 saturated heterocycles. The Labute approximate surface area is 92.3 Å². The van der Waals surface area contributed by atoms with Gasteiger partial charge in [-0.15, -0.1) is 0 Å². The number of hydrogen-bond acceptors (Lipinski definition) is 1. The largest absolute Gasteiger partial charge is 0.331 e. The van der Waals surface area contributed by atoms with Gasteiger partial charge in [-0.25, -0.2) is 0 Å². The lowest BCUT2D eigenvalue weighted by atomic mass is 10.0. The van der Waals surface area contributed by atoms with E-state index in [1.165, 1.54) is 0 Å². The zero-order chi connectivity index (χ0) is 10.3. The van der Waals surface area contributed by atoms with Gasteiger partial charge >= 0.3 is 0 Å². The van der Waals surface area contributed by atoms with Gasteiger partial charge in [0.05, 0.1) is 11.0 Å². The number of aromatic amines is 2. The van der Waals surface area contributed by atoms with E-state index in [0.29, 0.717) is 10.7 Å². The first-order valence-electron chi connectivity index (χ1n) is 4.50. The number of H-pyrrole nitrogens is 2. The van der Waals surface area contributed by atoms with Crippen molar-refractivity contribution < 1.29 is 0 Å². The van der Waals surface area contributed by atoms with Crippen molar-refractivity contribution in [1.82, 2.24) is 9.97 Å². The van der Waals surface area contributed by atoms with Crippen LogP contribution in [0.4, 0.5) is 0 Å². The number of halogens is 1. The third-order valence-electron chi connectivity index (χ3n) is 2.26. The van der Waals surface area contributed by atoms with Gasteiger partial charge in [0.15, 0.2) is 4.77 Å². The molecule has 0 radical (unpaired) electrons. The molecule has 1 aromatic carbocycles. The molecule has 0 aliphatic heterocycles. The summed E-state index contributed by atoms with van der Waals surface area (Å²) < 4.78 is 0.643. The van der Waals surface area contributed by atoms with Gasteiger partial charge in [-0.2, -0.15) is 0 Å². The Morgan fingerprint density at radius 2 is 2.00 bits per heavy atom. The molecular weight excluding hydrogens is 216 g/mol. The first-order chi connectivity index (χ1) is 6.59. The van der Waals surface area contributed by atoms with E-state index >= 15 is 0 Å². The first-order valence-corrected chi connectivity index (χ1v) is 5.28. The van der Waals surface area contributed by atoms with Crippen molar-refractivity contribution in [2.24, 2.45) is 0 Å². The van der Waals surface area contributed by atoms with E-state index < -0.39 is 0 Å². The second kappa shape index (κ2) is 3.41. The second-order valence-electron chi connectivity index (χ2n) is 3.62. The molecule has 0 saturated carbocycles. The molecule has 74 valence electrons. The number of fused-ring (bicyclic) bond motifs is 1. The molecule has 0 amide bonds. The standard InChI is InChI=1S/C10H11ClN2S/c1-5(2)8-6(11)3-4-7-9(8)13-10(14)12-7/h3-5H,1-2H3,(H2,12,13,14). The summed E-state index contributed by atoms with van der Waals surface area (Å²) in [6, 6.07) is 3.84. The lowest BCUT2D eigenvalue weighted by Crippen LogP contribution is -1.90. The predicted molar refractivity (Wildman–Crippen MR) is 62.6 cm³/mol. The molecule has 4 heteroatoms. The summed E-state index contributed by atoms with van der Waals surface area (Å²) in [6.07, 6.45) is 0. The minimum atomic E-state index is 0.382. The fourth-order valence-corrected chi connectivity index (χ4v) is 2.25. The molecule has 0 spiro atoms. The number of nitrogens with one attached hydrogen (secondary N) is 2. The van der Waals surface area contributed by atoms with E-state index in [1.54, 1.807) is 0 Å². The van der Waals surface area contributed by atoms with Crippen molar-refractivity contribution >= 4 is 34.9 Å². The average Bonchev–Trinajstić information content (AvgIpc) is 2.43. The van der Waals surface area contributed by atoms with Gasteiger partial charge in [-0.3, -0.25) is 0 Å². The third-order valence-corrected chi connectivity index (χ3v) is 2.79. The Morgan fingerprint density at radius 1 is 1.29 bits per heavy atom. The van der Waals surface area contributed by atoms with E-state index in [-0.39, 0.29) is 0 Å². The number of hydrogen-bond donors (Lipinski definition) is 2. The maximum Gasteiger partial charge on any atom is 0.175 e. The van der Waals surface area contributed by atoms with Gasteiger partial charge in [0.2, 0.25) is 0 Å². The molecular formula is C10H11ClN2S. The van der Waals surface area contributed by atoms with Gasteiger partial charge in [0, 0.05) is 5.02 Å². The van der Waals surface area contributed by atoms with Crippen LogP contribution >= 0.6 is 23.8 Å². The molecule has 2 N–H and O–H groups in total. The van der Waals surface area contributed by atoms with Gasteiger partial charge in [-0.1, -0.05) is 25.4 Å². The fourth-order valence-electron chi connectivity index (χ4n) is 1.66. The first kappa shape index (κ1) is 9.74. The minimum absolute atomic E-state index is 0.382. The normalized spacial score (nSPS) is 11.4. The van der Waals surface area contributed by atoms with E-state index in [2.05, 4.69) is 23.8 Å². The highest BCUT2D eigenvalue weighted by atomic mass is 35.5. The van der Waals surface area contributed by atoms with Crippen LogP contribution in [0.2, 0.25) is 5.02 Å². The third kappa shape index (κ3) is 1.47. The lowest BCUT2D eigenvalue weighted by molar-refractivity contribution is 0.874. The molecule has 0 fully saturated rings. The molecule has 2 aromatic rings. The lowest BCUT2D eigenvalue weighted by Gasteiger charge is -2.08. The Balaban J connectivity index is 2.88. The Kier molecular flexibility index (Phi) is 2.37. The van der Waals surface area contributed by atoms with Gasteiger partial charge in [0.1, 0.15) is 0 Å². The van der Waals surface area contributed by atoms with Gasteiger partial charge in [0.25, 0.3) is 0 Å². The summed E-state index contributed by atoms with van der Waals surface area (Å²) in [5.74, 6) is 0.382. The van der Waals surface area contributed by atoms with Crippen LogP contribution in [0.15, 0.2) is 12.1 Å². The highest BCUT2D eigenvalue weighted by Gasteiger charge is 2.11. The molecule has 14 heavy (non-hydrogen) atoms. The maximum atomic E-state index is 6.14. The van der Waals surface area contributed by atoms with Crippen LogP contribution in [0, 0.1) is 4.77 Å². The minimum Gasteiger partial charge on any atom is -0.331 e. The van der Waals surface area contributed by atoms with Crippen molar-refractivity contribution in [3.05, 3.63) is 27.5 Å². The average molecular weight is 227 g/mol. The molecule has 0 aliphatic rings. The number of imidazole rings is 1. The summed E-state index contributed by atoms with van der Waals surface area (Å²) in [6.45, 7) is 4.23. The Bertz CT molecular complexity index is 524. The summed E-state index contributed by atoms with van der Waals surface area (Å²) in [7, 11) is 0. The molecule has 1 heterocycles. The van der Waals surface area contributed by atoms with Crippen LogP contribution in [0.5, 0.6) is 0 Å².